The summed E-state index contributed by atoms with van der Waals surface area (Å²) in [5, 5.41) is 125. The lowest BCUT2D eigenvalue weighted by Crippen LogP contribution is -2.65. The molecule has 3 aliphatic heterocycles. The molecule has 0 aromatic rings. The Balaban J connectivity index is 0.885. The Hall–Kier alpha value is -1.05. The van der Waals surface area contributed by atoms with Crippen molar-refractivity contribution in [2.45, 2.75) is 196 Å². The fourth-order valence-corrected chi connectivity index (χ4v) is 14.5. The number of Topliss-reactive ketones (excluding diaryl/α,β-unsaturated/α-hetero) is 1. The number of ketones is 1. The quantitative estimate of drug-likeness (QED) is 0.0866. The second-order valence-electron chi connectivity index (χ2n) is 21.8. The molecule has 0 amide bonds. The summed E-state index contributed by atoms with van der Waals surface area (Å²) < 4.78 is 36.6. The molecule has 5 aliphatic carbocycles. The van der Waals surface area contributed by atoms with Crippen LogP contribution in [0.2, 0.25) is 0 Å². The highest BCUT2D eigenvalue weighted by atomic mass is 16.8. The van der Waals surface area contributed by atoms with Gasteiger partial charge < -0.3 is 89.7 Å². The highest BCUT2D eigenvalue weighted by Gasteiger charge is 2.69. The molecule has 0 radical (unpaired) electrons. The number of rotatable bonds is 13. The summed E-state index contributed by atoms with van der Waals surface area (Å²) in [5.41, 5.74) is -0.777. The summed E-state index contributed by atoms with van der Waals surface area (Å²) >= 11 is 0. The largest absolute Gasteiger partial charge is 0.396 e. The normalized spacial score (nSPS) is 54.3. The third kappa shape index (κ3) is 8.81. The molecule has 8 rings (SSSR count). The van der Waals surface area contributed by atoms with Crippen molar-refractivity contribution in [3.8, 4) is 0 Å². The van der Waals surface area contributed by atoms with E-state index in [9.17, 15) is 66.1 Å². The molecular formula is C46H76O19. The van der Waals surface area contributed by atoms with Crippen LogP contribution in [0.3, 0.4) is 0 Å². The molecular weight excluding hydrogens is 856 g/mol. The van der Waals surface area contributed by atoms with Gasteiger partial charge in [0, 0.05) is 36.9 Å². The fraction of sp³-hybridized carbons (Fsp3) is 0.978. The molecule has 0 aromatic carbocycles. The first-order chi connectivity index (χ1) is 30.8. The molecule has 28 atom stereocenters. The first kappa shape index (κ1) is 50.3. The molecule has 65 heavy (non-hydrogen) atoms. The van der Waals surface area contributed by atoms with Gasteiger partial charge in [-0.3, -0.25) is 4.79 Å². The number of fused-ring (bicyclic) bond motifs is 7. The van der Waals surface area contributed by atoms with Crippen LogP contribution in [0, 0.1) is 58.2 Å². The van der Waals surface area contributed by atoms with Gasteiger partial charge in [-0.05, 0) is 92.3 Å². The van der Waals surface area contributed by atoms with Gasteiger partial charge in [0.25, 0.3) is 0 Å². The van der Waals surface area contributed by atoms with Crippen molar-refractivity contribution in [3.63, 3.8) is 0 Å². The van der Waals surface area contributed by atoms with E-state index in [2.05, 4.69) is 20.8 Å². The zero-order valence-electron chi connectivity index (χ0n) is 37.9. The predicted molar refractivity (Wildman–Crippen MR) is 223 cm³/mol. The van der Waals surface area contributed by atoms with Gasteiger partial charge in [0.15, 0.2) is 12.6 Å². The smallest absolute Gasteiger partial charge is 0.187 e. The van der Waals surface area contributed by atoms with Crippen LogP contribution in [0.1, 0.15) is 85.5 Å². The summed E-state index contributed by atoms with van der Waals surface area (Å²) in [6.45, 7) is 6.96. The van der Waals surface area contributed by atoms with Crippen LogP contribution in [0.4, 0.5) is 0 Å². The third-order valence-electron chi connectivity index (χ3n) is 18.2. The van der Waals surface area contributed by atoms with E-state index < -0.39 is 123 Å². The van der Waals surface area contributed by atoms with Crippen molar-refractivity contribution in [2.75, 3.05) is 26.4 Å². The maximum Gasteiger partial charge on any atom is 0.187 e. The van der Waals surface area contributed by atoms with Gasteiger partial charge in [-0.15, -0.1) is 0 Å². The van der Waals surface area contributed by atoms with E-state index in [0.717, 1.165) is 25.7 Å². The van der Waals surface area contributed by atoms with Crippen LogP contribution in [0.15, 0.2) is 0 Å². The lowest BCUT2D eigenvalue weighted by molar-refractivity contribution is -0.373. The van der Waals surface area contributed by atoms with Crippen molar-refractivity contribution >= 4 is 5.78 Å². The van der Waals surface area contributed by atoms with Gasteiger partial charge in [0.05, 0.1) is 49.8 Å². The molecule has 5 saturated carbocycles. The monoisotopic (exact) mass is 932 g/mol. The zero-order valence-corrected chi connectivity index (χ0v) is 37.9. The first-order valence-electron chi connectivity index (χ1n) is 24.2. The topological polar surface area (TPSA) is 315 Å². The average molecular weight is 933 g/mol. The van der Waals surface area contributed by atoms with E-state index in [1.165, 1.54) is 0 Å². The maximum atomic E-state index is 14.7. The first-order valence-corrected chi connectivity index (χ1v) is 24.2. The lowest BCUT2D eigenvalue weighted by Gasteiger charge is -2.60. The van der Waals surface area contributed by atoms with Gasteiger partial charge in [-0.1, -0.05) is 27.7 Å². The number of aliphatic hydroxyl groups is 12. The maximum absolute atomic E-state index is 14.7. The second-order valence-corrected chi connectivity index (χ2v) is 21.8. The Morgan fingerprint density at radius 2 is 1.38 bits per heavy atom. The molecule has 19 heteroatoms. The van der Waals surface area contributed by atoms with E-state index in [0.29, 0.717) is 31.6 Å². The van der Waals surface area contributed by atoms with Crippen LogP contribution in [-0.2, 0) is 33.2 Å². The van der Waals surface area contributed by atoms with Crippen LogP contribution in [0.25, 0.3) is 0 Å². The Morgan fingerprint density at radius 1 is 0.723 bits per heavy atom. The van der Waals surface area contributed by atoms with Crippen molar-refractivity contribution in [2.24, 2.45) is 58.2 Å². The molecule has 374 valence electrons. The van der Waals surface area contributed by atoms with E-state index in [1.54, 1.807) is 0 Å². The van der Waals surface area contributed by atoms with Gasteiger partial charge >= 0.3 is 0 Å². The predicted octanol–water partition coefficient (Wildman–Crippen LogP) is -2.29. The van der Waals surface area contributed by atoms with Gasteiger partial charge in [-0.25, -0.2) is 0 Å². The van der Waals surface area contributed by atoms with E-state index in [4.69, 9.17) is 28.4 Å². The molecule has 0 aromatic heterocycles. The van der Waals surface area contributed by atoms with Crippen LogP contribution in [-0.4, -0.2) is 204 Å². The fourth-order valence-electron chi connectivity index (χ4n) is 14.5. The molecule has 0 bridgehead atoms. The Morgan fingerprint density at radius 3 is 2.06 bits per heavy atom. The van der Waals surface area contributed by atoms with Crippen LogP contribution >= 0.6 is 0 Å². The Bertz CT molecular complexity index is 1620. The molecule has 8 fully saturated rings. The van der Waals surface area contributed by atoms with E-state index in [1.807, 2.05) is 6.92 Å². The minimum atomic E-state index is -1.78. The Kier molecular flexibility index (Phi) is 15.2. The molecule has 0 spiro atoms. The van der Waals surface area contributed by atoms with Gasteiger partial charge in [-0.2, -0.15) is 0 Å². The highest BCUT2D eigenvalue weighted by Crippen LogP contribution is 2.69. The second kappa shape index (κ2) is 19.6. The van der Waals surface area contributed by atoms with Gasteiger partial charge in [0.2, 0.25) is 0 Å². The molecule has 0 unspecified atom stereocenters. The number of aliphatic hydroxyl groups excluding tert-OH is 12. The summed E-state index contributed by atoms with van der Waals surface area (Å²) in [4.78, 5) is 14.7. The number of carbonyl (C=O) groups excluding carboxylic acids is 1. The summed E-state index contributed by atoms with van der Waals surface area (Å²) in [6, 6.07) is 0. The standard InChI is InChI=1S/C46H76O19/c1-18(17-60-28-10-20(14-47)33(52)37(56)34(28)53)9-26(50)41-19(2)32-27(62-41)12-25-23-6-5-21-11-22(7-8-45(21,3)24(23)13-31(51)46(25,32)4)61-44-42(39(58)36(55)30(16-49)64-44)65-43-40(59)38(57)35(54)29(15-48)63-43/h18-30,32-44,47-50,52-59H,5-17H2,1-4H3/t18-,19+,20-,21-,22-,23-,24+,25-,26-,27+,28-,29-,30-,32+,33-,34+,35-,36+,37+,38+,39+,40-,41-,42-,43+,44-,45+,46-/m1/s1. The summed E-state index contributed by atoms with van der Waals surface area (Å²) in [5.74, 6) is 0.123. The summed E-state index contributed by atoms with van der Waals surface area (Å²) in [7, 11) is 0. The number of ether oxygens (including phenoxy) is 6. The van der Waals surface area contributed by atoms with E-state index >= 15 is 0 Å². The highest BCUT2D eigenvalue weighted by molar-refractivity contribution is 5.87. The Labute approximate surface area is 379 Å². The molecule has 3 heterocycles. The van der Waals surface area contributed by atoms with Crippen molar-refractivity contribution in [1.29, 1.82) is 0 Å². The third-order valence-corrected chi connectivity index (χ3v) is 18.2. The number of carbonyl (C=O) groups is 1. The zero-order chi connectivity index (χ0) is 47.0. The van der Waals surface area contributed by atoms with Crippen LogP contribution in [0.5, 0.6) is 0 Å². The minimum absolute atomic E-state index is 0.0483. The van der Waals surface area contributed by atoms with Crippen molar-refractivity contribution in [3.05, 3.63) is 0 Å². The molecule has 19 nitrogen and oxygen atoms in total. The number of hydrogen-bond donors (Lipinski definition) is 12. The van der Waals surface area contributed by atoms with Crippen LogP contribution < -0.4 is 0 Å². The SMILES string of the molecule is C[C@@H](CO[C@@H]1C[C@H](CO)[C@@H](O)[C@H](O)[C@H]1O)C[C@@H](O)[C@@H]1O[C@H]2C[C@@H]3[C@@H]4CC[C@@H]5C[C@H](O[C@@H]6O[C@H](CO)[C@H](O)[C@H](O)[C@H]6O[C@@H]6O[C@H](CO)[C@@H](O)[C@H](O)[C@H]6O)CC[C@]5(C)[C@H]4CC(=O)[C@]3(C)[C@H]2[C@@H]1C. The molecule has 8 aliphatic rings. The molecule has 12 N–H and O–H groups in total. The number of hydrogen-bond acceptors (Lipinski definition) is 19. The van der Waals surface area contributed by atoms with E-state index in [-0.39, 0.29) is 78.5 Å². The van der Waals surface area contributed by atoms with Crippen molar-refractivity contribution < 1.29 is 94.5 Å². The summed E-state index contributed by atoms with van der Waals surface area (Å²) in [6.07, 6.45) is -16.4. The lowest BCUT2D eigenvalue weighted by atomic mass is 9.44. The minimum Gasteiger partial charge on any atom is -0.396 e. The molecule has 3 saturated heterocycles. The van der Waals surface area contributed by atoms with Gasteiger partial charge in [0.1, 0.15) is 66.8 Å². The van der Waals surface area contributed by atoms with Crippen molar-refractivity contribution in [1.82, 2.24) is 0 Å². The average Bonchev–Trinajstić information content (AvgIpc) is 3.79.